The summed E-state index contributed by atoms with van der Waals surface area (Å²) in [6, 6.07) is 11.5. The van der Waals surface area contributed by atoms with Crippen molar-refractivity contribution in [2.75, 3.05) is 0 Å². The fraction of sp³-hybridized carbons (Fsp3) is 0.237. The van der Waals surface area contributed by atoms with Crippen molar-refractivity contribution in [1.29, 1.82) is 0 Å². The highest BCUT2D eigenvalue weighted by Gasteiger charge is 2.34. The molecule has 2 heterocycles. The van der Waals surface area contributed by atoms with E-state index in [0.717, 1.165) is 70.8 Å². The number of H-pyrrole nitrogens is 1. The molecule has 0 radical (unpaired) electrons. The zero-order valence-corrected chi connectivity index (χ0v) is 28.1. The smallest absolute Gasteiger partial charge is 0.416 e. The minimum Gasteiger partial charge on any atom is -0.423 e. The predicted molar refractivity (Wildman–Crippen MR) is 176 cm³/mol. The molecule has 50 heavy (non-hydrogen) atoms. The number of hydrogen-bond acceptors (Lipinski definition) is 5. The number of aliphatic imine (C=N–C) groups is 1. The molecule has 1 aliphatic rings. The first-order valence-corrected chi connectivity index (χ1v) is 15.4. The van der Waals surface area contributed by atoms with Gasteiger partial charge in [0.05, 0.1) is 39.4 Å². The van der Waals surface area contributed by atoms with Crippen LogP contribution in [0.2, 0.25) is 0 Å². The molecule has 260 valence electrons. The van der Waals surface area contributed by atoms with Crippen molar-refractivity contribution in [2.24, 2.45) is 4.99 Å². The number of ether oxygens (including phenoxy) is 2. The summed E-state index contributed by atoms with van der Waals surface area (Å²) in [4.78, 5) is 35.0. The van der Waals surface area contributed by atoms with Crippen molar-refractivity contribution >= 4 is 23.2 Å². The largest absolute Gasteiger partial charge is 0.423 e. The number of aromatic amines is 1. The topological polar surface area (TPSA) is 80.8 Å². The Balaban J connectivity index is 1.61. The molecule has 1 N–H and O–H groups in total. The quantitative estimate of drug-likeness (QED) is 0.124. The Morgan fingerprint density at radius 1 is 0.660 bits per heavy atom. The van der Waals surface area contributed by atoms with Gasteiger partial charge in [0.15, 0.2) is 0 Å². The van der Waals surface area contributed by atoms with Crippen LogP contribution in [-0.4, -0.2) is 22.6 Å². The Morgan fingerprint density at radius 3 is 1.58 bits per heavy atom. The Kier molecular flexibility index (Phi) is 9.44. The van der Waals surface area contributed by atoms with Crippen molar-refractivity contribution in [2.45, 2.75) is 60.8 Å². The van der Waals surface area contributed by atoms with E-state index in [9.17, 15) is 35.9 Å². The van der Waals surface area contributed by atoms with Gasteiger partial charge in [-0.3, -0.25) is 4.99 Å². The Labute approximate surface area is 284 Å². The summed E-state index contributed by atoms with van der Waals surface area (Å²) in [5, 5.41) is 0. The summed E-state index contributed by atoms with van der Waals surface area (Å²) in [7, 11) is 0. The van der Waals surface area contributed by atoms with E-state index in [1.165, 1.54) is 0 Å². The van der Waals surface area contributed by atoms with Gasteiger partial charge in [0.1, 0.15) is 11.5 Å². The third-order valence-corrected chi connectivity index (χ3v) is 8.42. The van der Waals surface area contributed by atoms with Gasteiger partial charge in [-0.1, -0.05) is 17.7 Å². The van der Waals surface area contributed by atoms with E-state index in [-0.39, 0.29) is 22.6 Å². The lowest BCUT2D eigenvalue weighted by Gasteiger charge is -2.18. The molecule has 0 spiro atoms. The maximum Gasteiger partial charge on any atom is 0.416 e. The monoisotopic (exact) mass is 694 g/mol. The van der Waals surface area contributed by atoms with Crippen molar-refractivity contribution in [3.8, 4) is 11.5 Å². The van der Waals surface area contributed by atoms with Crippen molar-refractivity contribution in [3.05, 3.63) is 133 Å². The summed E-state index contributed by atoms with van der Waals surface area (Å²) in [5.41, 5.74) is 5.22. The first-order valence-electron chi connectivity index (χ1n) is 15.4. The number of allylic oxidation sites excluding steroid dienone is 1. The van der Waals surface area contributed by atoms with Gasteiger partial charge >= 0.3 is 24.3 Å². The van der Waals surface area contributed by atoms with E-state index >= 15 is 0 Å². The maximum absolute atomic E-state index is 13.5. The summed E-state index contributed by atoms with van der Waals surface area (Å²) >= 11 is 0. The molecule has 0 aliphatic carbocycles. The molecule has 5 rings (SSSR count). The molecular formula is C38H32F6N2O4. The van der Waals surface area contributed by atoms with E-state index in [1.54, 1.807) is 27.7 Å². The maximum atomic E-state index is 13.5. The van der Waals surface area contributed by atoms with Crippen molar-refractivity contribution < 1.29 is 45.4 Å². The minimum atomic E-state index is -4.55. The van der Waals surface area contributed by atoms with Crippen LogP contribution in [0.1, 0.15) is 74.5 Å². The summed E-state index contributed by atoms with van der Waals surface area (Å²) in [6.45, 7) is 12.5. The first kappa shape index (κ1) is 35.9. The zero-order chi connectivity index (χ0) is 36.9. The lowest BCUT2D eigenvalue weighted by Crippen LogP contribution is -2.16. The van der Waals surface area contributed by atoms with Gasteiger partial charge in [0.25, 0.3) is 0 Å². The highest BCUT2D eigenvalue weighted by molar-refractivity contribution is 6.23. The molecule has 4 aromatic rings. The molecule has 3 aromatic carbocycles. The van der Waals surface area contributed by atoms with Gasteiger partial charge in [-0.25, -0.2) is 9.59 Å². The SMILES string of the molecule is CC1=N/C(=C(\c2[nH]c(C)c(C(=O)Oc3ccc(C(F)(F)F)cc3)c2C)c2c(C)cc(C)cc2C)C(C)=C1C(=O)Oc1ccc(C(F)(F)F)cc1. The third kappa shape index (κ3) is 7.01. The number of carbonyl (C=O) groups is 2. The number of aromatic nitrogens is 1. The molecule has 0 amide bonds. The average Bonchev–Trinajstić information content (AvgIpc) is 3.47. The normalized spacial score (nSPS) is 14.5. The van der Waals surface area contributed by atoms with Crippen molar-refractivity contribution in [1.82, 2.24) is 4.98 Å². The van der Waals surface area contributed by atoms with Crippen LogP contribution in [0.15, 0.2) is 82.5 Å². The summed E-state index contributed by atoms with van der Waals surface area (Å²) in [5.74, 6) is -1.75. The molecule has 0 saturated carbocycles. The van der Waals surface area contributed by atoms with Crippen LogP contribution in [0.4, 0.5) is 26.3 Å². The molecule has 1 aromatic heterocycles. The van der Waals surface area contributed by atoms with E-state index in [2.05, 4.69) is 4.98 Å². The molecule has 12 heteroatoms. The number of alkyl halides is 6. The van der Waals surface area contributed by atoms with Crippen LogP contribution in [-0.2, 0) is 17.1 Å². The number of nitrogens with zero attached hydrogens (tertiary/aromatic N) is 1. The zero-order valence-electron chi connectivity index (χ0n) is 28.1. The number of aryl methyl sites for hydroxylation is 4. The standard InChI is InChI=1S/C38H32F6N2O4/c1-18-16-19(2)29(20(3)17-18)32(33-21(4)30(23(6)45-33)35(47)49-27-12-8-25(9-13-27)37(39,40)41)34-22(5)31(24(7)46-34)36(48)50-28-14-10-26(11-15-28)38(42,43)44/h8-17,45H,1-7H3/b34-32-. The number of carbonyl (C=O) groups excluding carboxylic acids is 2. The van der Waals surface area contributed by atoms with Crippen LogP contribution >= 0.6 is 0 Å². The minimum absolute atomic E-state index is 0.0700. The fourth-order valence-electron chi connectivity index (χ4n) is 6.22. The predicted octanol–water partition coefficient (Wildman–Crippen LogP) is 9.97. The van der Waals surface area contributed by atoms with Gasteiger partial charge in [-0.2, -0.15) is 26.3 Å². The molecule has 1 aliphatic heterocycles. The molecular weight excluding hydrogens is 662 g/mol. The second-order valence-corrected chi connectivity index (χ2v) is 12.1. The summed E-state index contributed by atoms with van der Waals surface area (Å²) in [6.07, 6.45) is -9.10. The lowest BCUT2D eigenvalue weighted by molar-refractivity contribution is -0.138. The van der Waals surface area contributed by atoms with Crippen LogP contribution in [0.25, 0.3) is 5.57 Å². The number of nitrogens with one attached hydrogen (secondary N) is 1. The van der Waals surface area contributed by atoms with Gasteiger partial charge in [-0.15, -0.1) is 0 Å². The highest BCUT2D eigenvalue weighted by Crippen LogP contribution is 2.41. The second-order valence-electron chi connectivity index (χ2n) is 12.1. The molecule has 0 bridgehead atoms. The van der Waals surface area contributed by atoms with Gasteiger partial charge in [0.2, 0.25) is 0 Å². The fourth-order valence-corrected chi connectivity index (χ4v) is 6.22. The summed E-state index contributed by atoms with van der Waals surface area (Å²) < 4.78 is 89.3. The molecule has 6 nitrogen and oxygen atoms in total. The number of rotatable bonds is 6. The Hall–Kier alpha value is -5.39. The third-order valence-electron chi connectivity index (χ3n) is 8.42. The number of esters is 2. The first-order chi connectivity index (χ1) is 23.3. The lowest BCUT2D eigenvalue weighted by atomic mass is 9.87. The second kappa shape index (κ2) is 13.1. The Morgan fingerprint density at radius 2 is 1.12 bits per heavy atom. The molecule has 0 unspecified atom stereocenters. The van der Waals surface area contributed by atoms with Gasteiger partial charge < -0.3 is 14.5 Å². The van der Waals surface area contributed by atoms with Gasteiger partial charge in [-0.05, 0) is 125 Å². The van der Waals surface area contributed by atoms with Gasteiger partial charge in [0, 0.05) is 11.3 Å². The van der Waals surface area contributed by atoms with Crippen molar-refractivity contribution in [3.63, 3.8) is 0 Å². The Bertz CT molecular complexity index is 2090. The van der Waals surface area contributed by atoms with Crippen LogP contribution in [0.3, 0.4) is 0 Å². The van der Waals surface area contributed by atoms with E-state index in [0.29, 0.717) is 39.5 Å². The van der Waals surface area contributed by atoms with E-state index in [1.807, 2.05) is 32.9 Å². The number of hydrogen-bond donors (Lipinski definition) is 1. The number of benzene rings is 3. The van der Waals surface area contributed by atoms with E-state index < -0.39 is 35.4 Å². The highest BCUT2D eigenvalue weighted by atomic mass is 19.4. The van der Waals surface area contributed by atoms with E-state index in [4.69, 9.17) is 14.5 Å². The molecule has 0 atom stereocenters. The molecule has 0 saturated heterocycles. The average molecular weight is 695 g/mol. The van der Waals surface area contributed by atoms with Crippen LogP contribution in [0.5, 0.6) is 11.5 Å². The van der Waals surface area contributed by atoms with Crippen LogP contribution in [0, 0.1) is 34.6 Å². The molecule has 0 fully saturated rings. The number of halogens is 6. The van der Waals surface area contributed by atoms with Crippen LogP contribution < -0.4 is 9.47 Å².